The molecule has 1 aromatic heterocycles. The van der Waals surface area contributed by atoms with Gasteiger partial charge in [0.25, 0.3) is 5.91 Å². The third-order valence-corrected chi connectivity index (χ3v) is 3.44. The first-order chi connectivity index (χ1) is 10.5. The van der Waals surface area contributed by atoms with Crippen LogP contribution in [0.3, 0.4) is 0 Å². The summed E-state index contributed by atoms with van der Waals surface area (Å²) in [6.07, 6.45) is 2.38. The van der Waals surface area contributed by atoms with E-state index in [0.29, 0.717) is 6.42 Å². The monoisotopic (exact) mass is 299 g/mol. The maximum Gasteiger partial charge on any atom is 0.298 e. The van der Waals surface area contributed by atoms with E-state index in [2.05, 4.69) is 16.9 Å². The van der Waals surface area contributed by atoms with Gasteiger partial charge in [-0.05, 0) is 43.0 Å². The lowest BCUT2D eigenvalue weighted by Gasteiger charge is -2.25. The molecule has 2 aromatic rings. The SMILES string of the molecule is CC#CC(=O)N(C)C(Cc1ccc(F)cc1)c1ccn(C)n1. The van der Waals surface area contributed by atoms with Crippen molar-refractivity contribution in [3.05, 3.63) is 53.6 Å². The summed E-state index contributed by atoms with van der Waals surface area (Å²) in [5, 5.41) is 4.39. The van der Waals surface area contributed by atoms with Crippen molar-refractivity contribution >= 4 is 5.91 Å². The van der Waals surface area contributed by atoms with Crippen molar-refractivity contribution in [2.75, 3.05) is 7.05 Å². The lowest BCUT2D eigenvalue weighted by molar-refractivity contribution is -0.126. The van der Waals surface area contributed by atoms with Gasteiger partial charge in [0.15, 0.2) is 0 Å². The van der Waals surface area contributed by atoms with Crippen molar-refractivity contribution in [3.8, 4) is 11.8 Å². The maximum atomic E-state index is 13.0. The molecular weight excluding hydrogens is 281 g/mol. The van der Waals surface area contributed by atoms with Crippen LogP contribution in [0, 0.1) is 17.7 Å². The van der Waals surface area contributed by atoms with Crippen LogP contribution in [0.2, 0.25) is 0 Å². The minimum Gasteiger partial charge on any atom is -0.326 e. The van der Waals surface area contributed by atoms with Crippen LogP contribution in [0.4, 0.5) is 4.39 Å². The Morgan fingerprint density at radius 2 is 2.05 bits per heavy atom. The van der Waals surface area contributed by atoms with Gasteiger partial charge in [0.2, 0.25) is 0 Å². The smallest absolute Gasteiger partial charge is 0.298 e. The van der Waals surface area contributed by atoms with E-state index < -0.39 is 0 Å². The largest absolute Gasteiger partial charge is 0.326 e. The van der Waals surface area contributed by atoms with E-state index in [-0.39, 0.29) is 17.8 Å². The number of nitrogens with zero attached hydrogens (tertiary/aromatic N) is 3. The Labute approximate surface area is 129 Å². The molecular formula is C17H18FN3O. The van der Waals surface area contributed by atoms with E-state index >= 15 is 0 Å². The molecule has 0 N–H and O–H groups in total. The standard InChI is InChI=1S/C17H18FN3O/c1-4-5-17(22)21(3)16(15-10-11-20(2)19-15)12-13-6-8-14(18)9-7-13/h6-11,16H,12H2,1-3H3. The first-order valence-corrected chi connectivity index (χ1v) is 6.94. The number of carbonyl (C=O) groups is 1. The molecule has 0 radical (unpaired) electrons. The Morgan fingerprint density at radius 1 is 1.36 bits per heavy atom. The van der Waals surface area contributed by atoms with Gasteiger partial charge in [-0.1, -0.05) is 18.1 Å². The van der Waals surface area contributed by atoms with Crippen LogP contribution in [0.5, 0.6) is 0 Å². The molecule has 22 heavy (non-hydrogen) atoms. The normalized spacial score (nSPS) is 11.5. The molecule has 2 rings (SSSR count). The van der Waals surface area contributed by atoms with Gasteiger partial charge in [0.1, 0.15) is 5.82 Å². The molecule has 0 saturated heterocycles. The summed E-state index contributed by atoms with van der Waals surface area (Å²) >= 11 is 0. The second kappa shape index (κ2) is 6.90. The molecule has 1 heterocycles. The number of aromatic nitrogens is 2. The third kappa shape index (κ3) is 3.73. The number of aryl methyl sites for hydroxylation is 1. The van der Waals surface area contributed by atoms with Crippen molar-refractivity contribution in [2.45, 2.75) is 19.4 Å². The zero-order chi connectivity index (χ0) is 16.1. The Bertz CT molecular complexity index is 709. The van der Waals surface area contributed by atoms with Gasteiger partial charge >= 0.3 is 0 Å². The Hall–Kier alpha value is -2.61. The van der Waals surface area contributed by atoms with Crippen molar-refractivity contribution in [2.24, 2.45) is 7.05 Å². The number of hydrogen-bond acceptors (Lipinski definition) is 2. The van der Waals surface area contributed by atoms with Crippen LogP contribution >= 0.6 is 0 Å². The maximum absolute atomic E-state index is 13.0. The predicted molar refractivity (Wildman–Crippen MR) is 82.3 cm³/mol. The fraction of sp³-hybridized carbons (Fsp3) is 0.294. The first-order valence-electron chi connectivity index (χ1n) is 6.94. The Kier molecular flexibility index (Phi) is 4.95. The lowest BCUT2D eigenvalue weighted by Crippen LogP contribution is -2.32. The topological polar surface area (TPSA) is 38.1 Å². The second-order valence-corrected chi connectivity index (χ2v) is 5.05. The summed E-state index contributed by atoms with van der Waals surface area (Å²) in [7, 11) is 3.53. The zero-order valence-corrected chi connectivity index (χ0v) is 12.9. The number of hydrogen-bond donors (Lipinski definition) is 0. The summed E-state index contributed by atoms with van der Waals surface area (Å²) in [4.78, 5) is 13.6. The van der Waals surface area contributed by atoms with E-state index in [4.69, 9.17) is 0 Å². The fourth-order valence-corrected chi connectivity index (χ4v) is 2.23. The van der Waals surface area contributed by atoms with Crippen molar-refractivity contribution in [3.63, 3.8) is 0 Å². The highest BCUT2D eigenvalue weighted by Crippen LogP contribution is 2.23. The molecule has 0 fully saturated rings. The summed E-state index contributed by atoms with van der Waals surface area (Å²) in [5.74, 6) is 4.61. The Morgan fingerprint density at radius 3 is 2.59 bits per heavy atom. The molecule has 0 saturated carbocycles. The van der Waals surface area contributed by atoms with Gasteiger partial charge in [-0.3, -0.25) is 9.48 Å². The molecule has 0 aliphatic carbocycles. The van der Waals surface area contributed by atoms with Crippen LogP contribution in [-0.4, -0.2) is 27.6 Å². The third-order valence-electron chi connectivity index (χ3n) is 3.44. The van der Waals surface area contributed by atoms with E-state index in [1.807, 2.05) is 19.3 Å². The number of halogens is 1. The first kappa shape index (κ1) is 15.8. The van der Waals surface area contributed by atoms with Gasteiger partial charge in [-0.2, -0.15) is 5.10 Å². The predicted octanol–water partition coefficient (Wildman–Crippen LogP) is 2.32. The molecule has 1 aromatic carbocycles. The summed E-state index contributed by atoms with van der Waals surface area (Å²) in [5.41, 5.74) is 1.71. The molecule has 114 valence electrons. The van der Waals surface area contributed by atoms with Crippen LogP contribution in [0.1, 0.15) is 24.2 Å². The number of amides is 1. The van der Waals surface area contributed by atoms with E-state index in [1.54, 1.807) is 35.7 Å². The average Bonchev–Trinajstić information content (AvgIpc) is 2.92. The average molecular weight is 299 g/mol. The molecule has 0 spiro atoms. The van der Waals surface area contributed by atoms with Gasteiger partial charge in [-0.25, -0.2) is 4.39 Å². The zero-order valence-electron chi connectivity index (χ0n) is 12.9. The summed E-state index contributed by atoms with van der Waals surface area (Å²) in [6, 6.07) is 7.89. The molecule has 1 amide bonds. The minimum absolute atomic E-state index is 0.250. The summed E-state index contributed by atoms with van der Waals surface area (Å²) in [6.45, 7) is 1.63. The van der Waals surface area contributed by atoms with Gasteiger partial charge in [0, 0.05) is 20.3 Å². The summed E-state index contributed by atoms with van der Waals surface area (Å²) < 4.78 is 14.7. The van der Waals surface area contributed by atoms with Gasteiger partial charge < -0.3 is 4.90 Å². The molecule has 5 heteroatoms. The van der Waals surface area contributed by atoms with Crippen molar-refractivity contribution in [1.29, 1.82) is 0 Å². The number of carbonyl (C=O) groups excluding carboxylic acids is 1. The van der Waals surface area contributed by atoms with E-state index in [1.165, 1.54) is 12.1 Å². The van der Waals surface area contributed by atoms with Crippen LogP contribution < -0.4 is 0 Å². The molecule has 0 aliphatic heterocycles. The Balaban J connectivity index is 2.30. The van der Waals surface area contributed by atoms with Crippen LogP contribution in [0.25, 0.3) is 0 Å². The van der Waals surface area contributed by atoms with E-state index in [9.17, 15) is 9.18 Å². The quantitative estimate of drug-likeness (QED) is 0.813. The van der Waals surface area contributed by atoms with Gasteiger partial charge in [0.05, 0.1) is 11.7 Å². The molecule has 0 bridgehead atoms. The molecule has 1 unspecified atom stereocenters. The number of benzene rings is 1. The molecule has 4 nitrogen and oxygen atoms in total. The number of likely N-dealkylation sites (N-methyl/N-ethyl adjacent to an activating group) is 1. The highest BCUT2D eigenvalue weighted by atomic mass is 19.1. The number of rotatable bonds is 4. The van der Waals surface area contributed by atoms with Crippen molar-refractivity contribution < 1.29 is 9.18 Å². The highest BCUT2D eigenvalue weighted by Gasteiger charge is 2.23. The molecule has 1 atom stereocenters. The van der Waals surface area contributed by atoms with Gasteiger partial charge in [-0.15, -0.1) is 0 Å². The lowest BCUT2D eigenvalue weighted by atomic mass is 10.0. The highest BCUT2D eigenvalue weighted by molar-refractivity contribution is 5.93. The minimum atomic E-state index is -0.278. The second-order valence-electron chi connectivity index (χ2n) is 5.05. The van der Waals surface area contributed by atoms with Crippen LogP contribution in [-0.2, 0) is 18.3 Å². The van der Waals surface area contributed by atoms with Crippen molar-refractivity contribution in [1.82, 2.24) is 14.7 Å². The van der Waals surface area contributed by atoms with Crippen LogP contribution in [0.15, 0.2) is 36.5 Å². The fourth-order valence-electron chi connectivity index (χ4n) is 2.23. The molecule has 0 aliphatic rings. The van der Waals surface area contributed by atoms with E-state index in [0.717, 1.165) is 11.3 Å².